The monoisotopic (exact) mass is 383 g/mol. The van der Waals surface area contributed by atoms with E-state index in [9.17, 15) is 4.79 Å². The van der Waals surface area contributed by atoms with Crippen LogP contribution in [0.15, 0.2) is 27.1 Å². The molecule has 1 aromatic carbocycles. The number of amides is 1. The largest absolute Gasteiger partial charge is 0.337 e. The van der Waals surface area contributed by atoms with Gasteiger partial charge >= 0.3 is 0 Å². The first-order chi connectivity index (χ1) is 9.08. The molecule has 0 radical (unpaired) electrons. The number of hydrogen-bond acceptors (Lipinski definition) is 3. The predicted octanol–water partition coefficient (Wildman–Crippen LogP) is 3.48. The standard InChI is InChI=1S/C13H11Br2N3O/c14-11-7-10(8-12(15)9-11)13(19)18(5-1-3-16)6-2-4-17/h7-9H,1-2,5-6H2. The maximum absolute atomic E-state index is 12.3. The predicted molar refractivity (Wildman–Crippen MR) is 78.2 cm³/mol. The smallest absolute Gasteiger partial charge is 0.253 e. The fourth-order valence-corrected chi connectivity index (χ4v) is 2.84. The van der Waals surface area contributed by atoms with Crippen molar-refractivity contribution in [2.45, 2.75) is 12.8 Å². The molecule has 0 heterocycles. The van der Waals surface area contributed by atoms with Gasteiger partial charge in [0.2, 0.25) is 0 Å². The molecule has 19 heavy (non-hydrogen) atoms. The maximum Gasteiger partial charge on any atom is 0.253 e. The quantitative estimate of drug-likeness (QED) is 0.780. The minimum Gasteiger partial charge on any atom is -0.337 e. The molecule has 1 amide bonds. The highest BCUT2D eigenvalue weighted by Gasteiger charge is 2.16. The molecule has 0 atom stereocenters. The lowest BCUT2D eigenvalue weighted by Gasteiger charge is -2.20. The normalized spacial score (nSPS) is 9.47. The summed E-state index contributed by atoms with van der Waals surface area (Å²) < 4.78 is 1.59. The van der Waals surface area contributed by atoms with E-state index >= 15 is 0 Å². The molecule has 0 saturated heterocycles. The van der Waals surface area contributed by atoms with Crippen LogP contribution in [0, 0.1) is 22.7 Å². The summed E-state index contributed by atoms with van der Waals surface area (Å²) in [4.78, 5) is 13.9. The first-order valence-electron chi connectivity index (χ1n) is 5.57. The lowest BCUT2D eigenvalue weighted by molar-refractivity contribution is 0.0762. The van der Waals surface area contributed by atoms with Crippen molar-refractivity contribution in [3.05, 3.63) is 32.7 Å². The van der Waals surface area contributed by atoms with E-state index in [-0.39, 0.29) is 18.7 Å². The van der Waals surface area contributed by atoms with E-state index in [1.807, 2.05) is 18.2 Å². The molecule has 0 bridgehead atoms. The van der Waals surface area contributed by atoms with Crippen LogP contribution < -0.4 is 0 Å². The minimum absolute atomic E-state index is 0.174. The zero-order valence-corrected chi connectivity index (χ0v) is 13.2. The third-order valence-corrected chi connectivity index (χ3v) is 3.30. The summed E-state index contributed by atoms with van der Waals surface area (Å²) in [6, 6.07) is 9.30. The van der Waals surface area contributed by atoms with Crippen LogP contribution in [-0.4, -0.2) is 23.9 Å². The topological polar surface area (TPSA) is 67.9 Å². The SMILES string of the molecule is N#CCCN(CCC#N)C(=O)c1cc(Br)cc(Br)c1. The fourth-order valence-electron chi connectivity index (χ4n) is 1.54. The van der Waals surface area contributed by atoms with Crippen LogP contribution in [-0.2, 0) is 0 Å². The summed E-state index contributed by atoms with van der Waals surface area (Å²) in [6.45, 7) is 0.669. The Hall–Kier alpha value is -1.37. The Morgan fingerprint density at radius 2 is 1.53 bits per heavy atom. The molecule has 0 N–H and O–H groups in total. The van der Waals surface area contributed by atoms with Gasteiger partial charge in [0.15, 0.2) is 0 Å². The first kappa shape index (κ1) is 15.7. The molecule has 4 nitrogen and oxygen atoms in total. The van der Waals surface area contributed by atoms with E-state index in [4.69, 9.17) is 10.5 Å². The van der Waals surface area contributed by atoms with E-state index in [0.717, 1.165) is 8.95 Å². The number of nitrogens with zero attached hydrogens (tertiary/aromatic N) is 3. The zero-order chi connectivity index (χ0) is 14.3. The third kappa shape index (κ3) is 5.02. The molecule has 0 saturated carbocycles. The Kier molecular flexibility index (Phi) is 6.55. The molecule has 6 heteroatoms. The number of carbonyl (C=O) groups is 1. The van der Waals surface area contributed by atoms with Crippen molar-refractivity contribution in [1.29, 1.82) is 10.5 Å². The van der Waals surface area contributed by atoms with Crippen LogP contribution >= 0.6 is 31.9 Å². The average molecular weight is 385 g/mol. The highest BCUT2D eigenvalue weighted by atomic mass is 79.9. The summed E-state index contributed by atoms with van der Waals surface area (Å²) in [5, 5.41) is 17.2. The summed E-state index contributed by atoms with van der Waals surface area (Å²) in [5.74, 6) is -0.174. The summed E-state index contributed by atoms with van der Waals surface area (Å²) >= 11 is 6.66. The molecule has 98 valence electrons. The first-order valence-corrected chi connectivity index (χ1v) is 7.16. The van der Waals surface area contributed by atoms with Crippen LogP contribution in [0.3, 0.4) is 0 Å². The Labute approximate surface area is 128 Å². The molecular weight excluding hydrogens is 374 g/mol. The second kappa shape index (κ2) is 7.93. The number of hydrogen-bond donors (Lipinski definition) is 0. The van der Waals surface area contributed by atoms with Crippen LogP contribution in [0.1, 0.15) is 23.2 Å². The summed E-state index contributed by atoms with van der Waals surface area (Å²) in [7, 11) is 0. The Bertz CT molecular complexity index is 508. The molecule has 0 aromatic heterocycles. The number of carbonyl (C=O) groups excluding carboxylic acids is 1. The van der Waals surface area contributed by atoms with E-state index in [0.29, 0.717) is 18.7 Å². The van der Waals surface area contributed by atoms with E-state index in [2.05, 4.69) is 31.9 Å². The lowest BCUT2D eigenvalue weighted by atomic mass is 10.2. The van der Waals surface area contributed by atoms with Gasteiger partial charge in [-0.2, -0.15) is 10.5 Å². The van der Waals surface area contributed by atoms with Gasteiger partial charge in [0.25, 0.3) is 5.91 Å². The van der Waals surface area contributed by atoms with Crippen LogP contribution in [0.2, 0.25) is 0 Å². The van der Waals surface area contributed by atoms with Gasteiger partial charge in [-0.05, 0) is 18.2 Å². The number of halogens is 2. The molecule has 0 aliphatic carbocycles. The van der Waals surface area contributed by atoms with Crippen LogP contribution in [0.25, 0.3) is 0 Å². The molecule has 0 aliphatic rings. The van der Waals surface area contributed by atoms with Gasteiger partial charge in [-0.15, -0.1) is 0 Å². The van der Waals surface area contributed by atoms with Crippen molar-refractivity contribution < 1.29 is 4.79 Å². The van der Waals surface area contributed by atoms with Crippen molar-refractivity contribution in [2.24, 2.45) is 0 Å². The van der Waals surface area contributed by atoms with Gasteiger partial charge in [0.05, 0.1) is 25.0 Å². The highest BCUT2D eigenvalue weighted by Crippen LogP contribution is 2.21. The zero-order valence-electron chi connectivity index (χ0n) is 10.1. The van der Waals surface area contributed by atoms with Gasteiger partial charge in [0, 0.05) is 27.6 Å². The van der Waals surface area contributed by atoms with Gasteiger partial charge in [-0.25, -0.2) is 0 Å². The second-order valence-corrected chi connectivity index (χ2v) is 5.60. The van der Waals surface area contributed by atoms with E-state index in [1.165, 1.54) is 4.90 Å². The van der Waals surface area contributed by atoms with E-state index in [1.54, 1.807) is 12.1 Å². The molecule has 0 spiro atoms. The van der Waals surface area contributed by atoms with E-state index < -0.39 is 0 Å². The molecule has 1 aromatic rings. The number of rotatable bonds is 5. The van der Waals surface area contributed by atoms with Gasteiger partial charge < -0.3 is 4.90 Å². The second-order valence-electron chi connectivity index (χ2n) is 3.77. The van der Waals surface area contributed by atoms with Crippen molar-refractivity contribution in [3.63, 3.8) is 0 Å². The molecule has 0 unspecified atom stereocenters. The van der Waals surface area contributed by atoms with Crippen LogP contribution in [0.5, 0.6) is 0 Å². The number of benzene rings is 1. The highest BCUT2D eigenvalue weighted by molar-refractivity contribution is 9.11. The Morgan fingerprint density at radius 1 is 1.05 bits per heavy atom. The van der Waals surface area contributed by atoms with Gasteiger partial charge in [0.1, 0.15) is 0 Å². The number of nitriles is 2. The summed E-state index contributed by atoms with van der Waals surface area (Å²) in [6.07, 6.45) is 0.513. The van der Waals surface area contributed by atoms with Gasteiger partial charge in [-0.3, -0.25) is 4.79 Å². The summed E-state index contributed by atoms with van der Waals surface area (Å²) in [5.41, 5.74) is 0.525. The third-order valence-electron chi connectivity index (χ3n) is 2.38. The molecular formula is C13H11Br2N3O. The maximum atomic E-state index is 12.3. The van der Waals surface area contributed by atoms with Crippen molar-refractivity contribution in [3.8, 4) is 12.1 Å². The van der Waals surface area contributed by atoms with Crippen molar-refractivity contribution >= 4 is 37.8 Å². The fraction of sp³-hybridized carbons (Fsp3) is 0.308. The van der Waals surface area contributed by atoms with Gasteiger partial charge in [-0.1, -0.05) is 31.9 Å². The Balaban J connectivity index is 2.91. The van der Waals surface area contributed by atoms with Crippen LogP contribution in [0.4, 0.5) is 0 Å². The molecule has 0 aliphatic heterocycles. The van der Waals surface area contributed by atoms with Crippen molar-refractivity contribution in [2.75, 3.05) is 13.1 Å². The van der Waals surface area contributed by atoms with Crippen molar-refractivity contribution in [1.82, 2.24) is 4.90 Å². The molecule has 0 fully saturated rings. The lowest BCUT2D eigenvalue weighted by Crippen LogP contribution is -2.32. The molecule has 1 rings (SSSR count). The average Bonchev–Trinajstić information content (AvgIpc) is 2.37. The minimum atomic E-state index is -0.174. The Morgan fingerprint density at radius 3 is 1.95 bits per heavy atom.